The van der Waals surface area contributed by atoms with Gasteiger partial charge in [0.15, 0.2) is 0 Å². The van der Waals surface area contributed by atoms with E-state index >= 15 is 0 Å². The third-order valence-corrected chi connectivity index (χ3v) is 4.32. The van der Waals surface area contributed by atoms with Crippen LogP contribution in [0.1, 0.15) is 29.5 Å². The first-order valence-corrected chi connectivity index (χ1v) is 8.82. The Morgan fingerprint density at radius 3 is 2.08 bits per heavy atom. The van der Waals surface area contributed by atoms with E-state index in [0.717, 1.165) is 18.8 Å². The second-order valence-corrected chi connectivity index (χ2v) is 6.36. The Balaban J connectivity index is 1.43. The molecule has 0 aromatic heterocycles. The zero-order chi connectivity index (χ0) is 17.3. The molecule has 1 atom stereocenters. The number of hydrogen-bond donors (Lipinski definition) is 1. The molecule has 128 valence electrons. The van der Waals surface area contributed by atoms with Crippen LogP contribution in [0.5, 0.6) is 5.75 Å². The third kappa shape index (κ3) is 5.47. The van der Waals surface area contributed by atoms with Gasteiger partial charge in [0.2, 0.25) is 0 Å². The first-order valence-electron chi connectivity index (χ1n) is 8.82. The maximum atomic E-state index is 5.83. The van der Waals surface area contributed by atoms with Crippen molar-refractivity contribution in [1.29, 1.82) is 0 Å². The summed E-state index contributed by atoms with van der Waals surface area (Å²) < 4.78 is 5.83. The highest BCUT2D eigenvalue weighted by molar-refractivity contribution is 5.28. The number of benzene rings is 3. The molecule has 2 heteroatoms. The van der Waals surface area contributed by atoms with Gasteiger partial charge in [-0.1, -0.05) is 79.7 Å². The van der Waals surface area contributed by atoms with Gasteiger partial charge in [0.25, 0.3) is 0 Å². The molecule has 0 aliphatic heterocycles. The molecule has 0 fully saturated rings. The van der Waals surface area contributed by atoms with Crippen LogP contribution in [0, 0.1) is 0 Å². The van der Waals surface area contributed by atoms with Crippen molar-refractivity contribution >= 4 is 0 Å². The van der Waals surface area contributed by atoms with E-state index in [1.165, 1.54) is 16.7 Å². The smallest absolute Gasteiger partial charge is 0.119 e. The van der Waals surface area contributed by atoms with Crippen LogP contribution in [0.3, 0.4) is 0 Å². The van der Waals surface area contributed by atoms with Crippen molar-refractivity contribution in [1.82, 2.24) is 5.32 Å². The second kappa shape index (κ2) is 9.05. The molecule has 0 saturated heterocycles. The van der Waals surface area contributed by atoms with Gasteiger partial charge in [-0.15, -0.1) is 0 Å². The summed E-state index contributed by atoms with van der Waals surface area (Å²) in [6.45, 7) is 4.70. The standard InChI is InChI=1S/C23H25NO/c1-19(22-10-6-3-7-11-22)16-24-17-20-12-14-23(15-13-20)25-18-21-8-4-2-5-9-21/h2-15,19,24H,16-18H2,1H3. The summed E-state index contributed by atoms with van der Waals surface area (Å²) in [5, 5.41) is 3.54. The summed E-state index contributed by atoms with van der Waals surface area (Å²) in [7, 11) is 0. The number of ether oxygens (including phenoxy) is 1. The van der Waals surface area contributed by atoms with Crippen molar-refractivity contribution in [2.24, 2.45) is 0 Å². The molecule has 0 bridgehead atoms. The summed E-state index contributed by atoms with van der Waals surface area (Å²) in [6, 6.07) is 29.2. The first kappa shape index (κ1) is 17.2. The molecule has 3 aromatic carbocycles. The fraction of sp³-hybridized carbons (Fsp3) is 0.217. The van der Waals surface area contributed by atoms with Crippen LogP contribution in [0.2, 0.25) is 0 Å². The lowest BCUT2D eigenvalue weighted by Crippen LogP contribution is -2.19. The Labute approximate surface area is 150 Å². The number of nitrogens with one attached hydrogen (secondary N) is 1. The molecular formula is C23H25NO. The zero-order valence-electron chi connectivity index (χ0n) is 14.7. The predicted octanol–water partition coefficient (Wildman–Crippen LogP) is 5.16. The van der Waals surface area contributed by atoms with Gasteiger partial charge in [-0.2, -0.15) is 0 Å². The summed E-state index contributed by atoms with van der Waals surface area (Å²) in [5.74, 6) is 1.42. The Bertz CT molecular complexity index is 738. The minimum atomic E-state index is 0.509. The fourth-order valence-corrected chi connectivity index (χ4v) is 2.78. The molecule has 1 unspecified atom stereocenters. The largest absolute Gasteiger partial charge is 0.489 e. The van der Waals surface area contributed by atoms with E-state index in [1.54, 1.807) is 0 Å². The molecule has 3 rings (SSSR count). The van der Waals surface area contributed by atoms with Crippen molar-refractivity contribution in [2.45, 2.75) is 26.0 Å². The Kier molecular flexibility index (Phi) is 6.24. The first-order chi connectivity index (χ1) is 12.3. The van der Waals surface area contributed by atoms with Crippen LogP contribution in [-0.2, 0) is 13.2 Å². The van der Waals surface area contributed by atoms with E-state index < -0.39 is 0 Å². The van der Waals surface area contributed by atoms with Gasteiger partial charge in [0, 0.05) is 13.1 Å². The molecule has 0 aliphatic carbocycles. The van der Waals surface area contributed by atoms with E-state index in [1.807, 2.05) is 30.3 Å². The summed E-state index contributed by atoms with van der Waals surface area (Å²) in [4.78, 5) is 0. The van der Waals surface area contributed by atoms with Gasteiger partial charge >= 0.3 is 0 Å². The highest BCUT2D eigenvalue weighted by atomic mass is 16.5. The highest BCUT2D eigenvalue weighted by Crippen LogP contribution is 2.16. The lowest BCUT2D eigenvalue weighted by molar-refractivity contribution is 0.306. The number of hydrogen-bond acceptors (Lipinski definition) is 2. The van der Waals surface area contributed by atoms with Crippen LogP contribution in [0.25, 0.3) is 0 Å². The van der Waals surface area contributed by atoms with Crippen molar-refractivity contribution in [3.8, 4) is 5.75 Å². The molecule has 0 aliphatic rings. The van der Waals surface area contributed by atoms with E-state index in [2.05, 4.69) is 66.8 Å². The molecule has 3 aromatic rings. The predicted molar refractivity (Wildman–Crippen MR) is 104 cm³/mol. The lowest BCUT2D eigenvalue weighted by Gasteiger charge is -2.13. The molecular weight excluding hydrogens is 306 g/mol. The van der Waals surface area contributed by atoms with Crippen LogP contribution in [0.4, 0.5) is 0 Å². The topological polar surface area (TPSA) is 21.3 Å². The van der Waals surface area contributed by atoms with Crippen LogP contribution in [0.15, 0.2) is 84.9 Å². The van der Waals surface area contributed by atoms with E-state index in [4.69, 9.17) is 4.74 Å². The maximum absolute atomic E-state index is 5.83. The van der Waals surface area contributed by atoms with Gasteiger partial charge in [-0.05, 0) is 34.7 Å². The minimum absolute atomic E-state index is 0.509. The minimum Gasteiger partial charge on any atom is -0.489 e. The van der Waals surface area contributed by atoms with Crippen LogP contribution < -0.4 is 10.1 Å². The molecule has 25 heavy (non-hydrogen) atoms. The van der Waals surface area contributed by atoms with Gasteiger partial charge in [-0.3, -0.25) is 0 Å². The van der Waals surface area contributed by atoms with E-state index in [9.17, 15) is 0 Å². The van der Waals surface area contributed by atoms with Gasteiger partial charge in [0.05, 0.1) is 0 Å². The quantitative estimate of drug-likeness (QED) is 0.615. The maximum Gasteiger partial charge on any atom is 0.119 e. The molecule has 0 saturated carbocycles. The van der Waals surface area contributed by atoms with E-state index in [-0.39, 0.29) is 0 Å². The molecule has 1 N–H and O–H groups in total. The summed E-state index contributed by atoms with van der Waals surface area (Å²) >= 11 is 0. The van der Waals surface area contributed by atoms with Crippen LogP contribution >= 0.6 is 0 Å². The Morgan fingerprint density at radius 2 is 1.40 bits per heavy atom. The van der Waals surface area contributed by atoms with Gasteiger partial charge < -0.3 is 10.1 Å². The molecule has 0 radical (unpaired) electrons. The van der Waals surface area contributed by atoms with Crippen molar-refractivity contribution < 1.29 is 4.74 Å². The normalized spacial score (nSPS) is 11.9. The van der Waals surface area contributed by atoms with Crippen molar-refractivity contribution in [3.63, 3.8) is 0 Å². The van der Waals surface area contributed by atoms with Crippen LogP contribution in [-0.4, -0.2) is 6.54 Å². The second-order valence-electron chi connectivity index (χ2n) is 6.36. The molecule has 0 heterocycles. The molecule has 2 nitrogen and oxygen atoms in total. The van der Waals surface area contributed by atoms with Crippen molar-refractivity contribution in [3.05, 3.63) is 102 Å². The van der Waals surface area contributed by atoms with E-state index in [0.29, 0.717) is 12.5 Å². The third-order valence-electron chi connectivity index (χ3n) is 4.32. The monoisotopic (exact) mass is 331 g/mol. The highest BCUT2D eigenvalue weighted by Gasteiger charge is 2.04. The molecule has 0 spiro atoms. The van der Waals surface area contributed by atoms with Crippen molar-refractivity contribution in [2.75, 3.05) is 6.54 Å². The molecule has 0 amide bonds. The Hall–Kier alpha value is -2.58. The number of rotatable bonds is 8. The Morgan fingerprint density at radius 1 is 0.760 bits per heavy atom. The van der Waals surface area contributed by atoms with Gasteiger partial charge in [-0.25, -0.2) is 0 Å². The van der Waals surface area contributed by atoms with Gasteiger partial charge in [0.1, 0.15) is 12.4 Å². The zero-order valence-corrected chi connectivity index (χ0v) is 14.7. The summed E-state index contributed by atoms with van der Waals surface area (Å²) in [5.41, 5.74) is 3.83. The fourth-order valence-electron chi connectivity index (χ4n) is 2.78. The SMILES string of the molecule is CC(CNCc1ccc(OCc2ccccc2)cc1)c1ccccc1. The summed E-state index contributed by atoms with van der Waals surface area (Å²) in [6.07, 6.45) is 0. The average Bonchev–Trinajstić information content (AvgIpc) is 2.69. The average molecular weight is 331 g/mol. The lowest BCUT2D eigenvalue weighted by atomic mass is 10.0.